The molecular formula is C9H20F2N2. The second-order valence-corrected chi connectivity index (χ2v) is 3.37. The molecule has 0 spiro atoms. The fraction of sp³-hybridized carbons (Fsp3) is 1.00. The zero-order chi connectivity index (χ0) is 10.4. The highest BCUT2D eigenvalue weighted by molar-refractivity contribution is 4.77. The van der Waals surface area contributed by atoms with Gasteiger partial charge in [-0.1, -0.05) is 6.92 Å². The average Bonchev–Trinajstić information content (AvgIpc) is 2.05. The molecule has 0 aliphatic rings. The van der Waals surface area contributed by atoms with Gasteiger partial charge in [-0.15, -0.1) is 0 Å². The highest BCUT2D eigenvalue weighted by Gasteiger charge is 2.20. The van der Waals surface area contributed by atoms with Crippen molar-refractivity contribution in [3.8, 4) is 0 Å². The summed E-state index contributed by atoms with van der Waals surface area (Å²) in [4.78, 5) is 1.69. The van der Waals surface area contributed by atoms with E-state index in [1.807, 2.05) is 20.9 Å². The van der Waals surface area contributed by atoms with Gasteiger partial charge in [0.05, 0.1) is 6.54 Å². The van der Waals surface area contributed by atoms with E-state index in [-0.39, 0.29) is 18.6 Å². The Morgan fingerprint density at radius 1 is 1.38 bits per heavy atom. The molecule has 0 aliphatic carbocycles. The first-order valence-electron chi connectivity index (χ1n) is 4.68. The first-order valence-corrected chi connectivity index (χ1v) is 4.68. The molecule has 2 atom stereocenters. The van der Waals surface area contributed by atoms with Crippen LogP contribution in [-0.4, -0.2) is 44.0 Å². The lowest BCUT2D eigenvalue weighted by atomic mass is 10.1. The highest BCUT2D eigenvalue weighted by atomic mass is 19.3. The molecule has 13 heavy (non-hydrogen) atoms. The molecule has 0 radical (unpaired) electrons. The molecule has 4 heteroatoms. The molecule has 0 aromatic heterocycles. The minimum absolute atomic E-state index is 0.143. The molecule has 80 valence electrons. The average molecular weight is 194 g/mol. The third-order valence-electron chi connectivity index (χ3n) is 2.51. The van der Waals surface area contributed by atoms with Gasteiger partial charge in [0.15, 0.2) is 0 Å². The molecule has 2 unspecified atom stereocenters. The van der Waals surface area contributed by atoms with Crippen LogP contribution in [0, 0.1) is 0 Å². The molecule has 0 saturated heterocycles. The first kappa shape index (κ1) is 12.8. The Morgan fingerprint density at radius 2 is 1.92 bits per heavy atom. The SMILES string of the molecule is CCC(NC)C(C)N(C)CC(F)F. The minimum Gasteiger partial charge on any atom is -0.315 e. The van der Waals surface area contributed by atoms with Gasteiger partial charge in [0.2, 0.25) is 0 Å². The van der Waals surface area contributed by atoms with Gasteiger partial charge in [-0.2, -0.15) is 0 Å². The van der Waals surface area contributed by atoms with E-state index >= 15 is 0 Å². The Labute approximate surface area is 79.3 Å². The van der Waals surface area contributed by atoms with Crippen LogP contribution in [0.3, 0.4) is 0 Å². The van der Waals surface area contributed by atoms with Crippen molar-refractivity contribution >= 4 is 0 Å². The third-order valence-corrected chi connectivity index (χ3v) is 2.51. The van der Waals surface area contributed by atoms with Crippen LogP contribution in [-0.2, 0) is 0 Å². The van der Waals surface area contributed by atoms with Crippen LogP contribution in [0.2, 0.25) is 0 Å². The number of likely N-dealkylation sites (N-methyl/N-ethyl adjacent to an activating group) is 2. The second kappa shape index (κ2) is 6.27. The van der Waals surface area contributed by atoms with Crippen LogP contribution < -0.4 is 5.32 Å². The number of rotatable bonds is 6. The number of hydrogen-bond donors (Lipinski definition) is 1. The largest absolute Gasteiger partial charge is 0.315 e. The molecule has 0 rings (SSSR count). The van der Waals surface area contributed by atoms with E-state index in [2.05, 4.69) is 5.32 Å². The van der Waals surface area contributed by atoms with E-state index in [0.29, 0.717) is 0 Å². The van der Waals surface area contributed by atoms with Crippen molar-refractivity contribution in [3.05, 3.63) is 0 Å². The molecule has 0 heterocycles. The van der Waals surface area contributed by atoms with Crippen molar-refractivity contribution in [1.82, 2.24) is 10.2 Å². The van der Waals surface area contributed by atoms with Crippen LogP contribution in [0.5, 0.6) is 0 Å². The fourth-order valence-electron chi connectivity index (χ4n) is 1.48. The summed E-state index contributed by atoms with van der Waals surface area (Å²) in [6.07, 6.45) is -1.30. The lowest BCUT2D eigenvalue weighted by Gasteiger charge is -2.30. The molecule has 0 aromatic rings. The molecule has 0 aliphatic heterocycles. The standard InChI is InChI=1S/C9H20F2N2/c1-5-8(12-3)7(2)13(4)6-9(10)11/h7-9,12H,5-6H2,1-4H3. The molecule has 2 nitrogen and oxygen atoms in total. The molecule has 1 N–H and O–H groups in total. The summed E-state index contributed by atoms with van der Waals surface area (Å²) >= 11 is 0. The predicted octanol–water partition coefficient (Wildman–Crippen LogP) is 1.57. The summed E-state index contributed by atoms with van der Waals surface area (Å²) in [5, 5.41) is 3.12. The van der Waals surface area contributed by atoms with E-state index < -0.39 is 6.43 Å². The number of alkyl halides is 2. The lowest BCUT2D eigenvalue weighted by Crippen LogP contribution is -2.46. The minimum atomic E-state index is -2.25. The molecular weight excluding hydrogens is 174 g/mol. The van der Waals surface area contributed by atoms with Gasteiger partial charge in [-0.3, -0.25) is 4.90 Å². The van der Waals surface area contributed by atoms with Crippen LogP contribution in [0.1, 0.15) is 20.3 Å². The van der Waals surface area contributed by atoms with Crippen LogP contribution in [0.4, 0.5) is 8.78 Å². The maximum absolute atomic E-state index is 12.1. The zero-order valence-electron chi connectivity index (χ0n) is 8.85. The van der Waals surface area contributed by atoms with Gasteiger partial charge in [0.25, 0.3) is 6.43 Å². The first-order chi connectivity index (χ1) is 6.02. The van der Waals surface area contributed by atoms with Gasteiger partial charge in [0, 0.05) is 12.1 Å². The molecule has 0 fully saturated rings. The van der Waals surface area contributed by atoms with Crippen LogP contribution in [0.15, 0.2) is 0 Å². The van der Waals surface area contributed by atoms with Crippen molar-refractivity contribution in [2.75, 3.05) is 20.6 Å². The number of nitrogens with one attached hydrogen (secondary N) is 1. The number of hydrogen-bond acceptors (Lipinski definition) is 2. The maximum Gasteiger partial charge on any atom is 0.251 e. The normalized spacial score (nSPS) is 16.6. The van der Waals surface area contributed by atoms with Crippen LogP contribution in [0.25, 0.3) is 0 Å². The van der Waals surface area contributed by atoms with Gasteiger partial charge in [-0.05, 0) is 27.4 Å². The topological polar surface area (TPSA) is 15.3 Å². The predicted molar refractivity (Wildman–Crippen MR) is 51.2 cm³/mol. The Bertz CT molecular complexity index is 127. The Morgan fingerprint density at radius 3 is 2.23 bits per heavy atom. The van der Waals surface area contributed by atoms with Crippen LogP contribution >= 0.6 is 0 Å². The van der Waals surface area contributed by atoms with E-state index in [1.54, 1.807) is 11.9 Å². The fourth-order valence-corrected chi connectivity index (χ4v) is 1.48. The highest BCUT2D eigenvalue weighted by Crippen LogP contribution is 2.07. The summed E-state index contributed by atoms with van der Waals surface area (Å²) in [6.45, 7) is 3.86. The van der Waals surface area contributed by atoms with Gasteiger partial charge >= 0.3 is 0 Å². The van der Waals surface area contributed by atoms with E-state index in [0.717, 1.165) is 6.42 Å². The molecule has 0 aromatic carbocycles. The quantitative estimate of drug-likeness (QED) is 0.690. The van der Waals surface area contributed by atoms with Gasteiger partial charge in [-0.25, -0.2) is 8.78 Å². The molecule has 0 amide bonds. The summed E-state index contributed by atoms with van der Waals surface area (Å²) in [5.41, 5.74) is 0. The second-order valence-electron chi connectivity index (χ2n) is 3.37. The van der Waals surface area contributed by atoms with Gasteiger partial charge in [0.1, 0.15) is 0 Å². The number of nitrogens with zero attached hydrogens (tertiary/aromatic N) is 1. The third kappa shape index (κ3) is 4.52. The summed E-state index contributed by atoms with van der Waals surface area (Å²) in [7, 11) is 3.59. The summed E-state index contributed by atoms with van der Waals surface area (Å²) in [6, 6.07) is 0.424. The smallest absolute Gasteiger partial charge is 0.251 e. The van der Waals surface area contributed by atoms with E-state index in [1.165, 1.54) is 0 Å². The monoisotopic (exact) mass is 194 g/mol. The van der Waals surface area contributed by atoms with Crippen molar-refractivity contribution in [1.29, 1.82) is 0 Å². The lowest BCUT2D eigenvalue weighted by molar-refractivity contribution is 0.0752. The van der Waals surface area contributed by atoms with Crippen molar-refractivity contribution in [3.63, 3.8) is 0 Å². The Balaban J connectivity index is 3.98. The zero-order valence-corrected chi connectivity index (χ0v) is 8.85. The van der Waals surface area contributed by atoms with Crippen molar-refractivity contribution in [2.24, 2.45) is 0 Å². The summed E-state index contributed by atoms with van der Waals surface area (Å²) in [5.74, 6) is 0. The van der Waals surface area contributed by atoms with E-state index in [4.69, 9.17) is 0 Å². The molecule has 0 bridgehead atoms. The van der Waals surface area contributed by atoms with Gasteiger partial charge < -0.3 is 5.32 Å². The number of halogens is 2. The maximum atomic E-state index is 12.1. The summed E-state index contributed by atoms with van der Waals surface area (Å²) < 4.78 is 24.1. The Kier molecular flexibility index (Phi) is 6.16. The van der Waals surface area contributed by atoms with E-state index in [9.17, 15) is 8.78 Å². The molecule has 0 saturated carbocycles. The Hall–Kier alpha value is -0.220. The van der Waals surface area contributed by atoms with Crippen molar-refractivity contribution < 1.29 is 8.78 Å². The van der Waals surface area contributed by atoms with Crippen molar-refractivity contribution in [2.45, 2.75) is 38.8 Å².